The van der Waals surface area contributed by atoms with Crippen LogP contribution in [0.5, 0.6) is 5.75 Å². The van der Waals surface area contributed by atoms with Crippen molar-refractivity contribution in [1.82, 2.24) is 4.98 Å². The van der Waals surface area contributed by atoms with Crippen LogP contribution in [0.2, 0.25) is 0 Å². The first-order chi connectivity index (χ1) is 7.79. The summed E-state index contributed by atoms with van der Waals surface area (Å²) < 4.78 is 27.3. The van der Waals surface area contributed by atoms with Gasteiger partial charge in [0.15, 0.2) is 9.84 Å². The Hall–Kier alpha value is -1.14. The van der Waals surface area contributed by atoms with E-state index >= 15 is 0 Å². The fourth-order valence-corrected chi connectivity index (χ4v) is 1.68. The second-order valence-electron chi connectivity index (χ2n) is 4.23. The number of aliphatic hydroxyl groups is 1. The molecule has 6 heteroatoms. The summed E-state index contributed by atoms with van der Waals surface area (Å²) in [4.78, 5) is 4.08. The molecule has 0 aromatic carbocycles. The average Bonchev–Trinajstić information content (AvgIpc) is 2.25. The third-order valence-electron chi connectivity index (χ3n) is 2.64. The number of sulfone groups is 1. The lowest BCUT2D eigenvalue weighted by Gasteiger charge is -2.21. The molecule has 0 spiro atoms. The zero-order chi connectivity index (χ0) is 13.1. The molecule has 17 heavy (non-hydrogen) atoms. The molecule has 0 bridgehead atoms. The Labute approximate surface area is 101 Å². The number of hydrogen-bond donors (Lipinski definition) is 1. The Balaban J connectivity index is 2.95. The van der Waals surface area contributed by atoms with Gasteiger partial charge in [0, 0.05) is 6.26 Å². The highest BCUT2D eigenvalue weighted by Crippen LogP contribution is 2.27. The molecular weight excluding hydrogens is 242 g/mol. The Morgan fingerprint density at radius 2 is 2.06 bits per heavy atom. The third-order valence-corrected chi connectivity index (χ3v) is 4.70. The van der Waals surface area contributed by atoms with Crippen LogP contribution in [0, 0.1) is 0 Å². The molecule has 1 aromatic heterocycles. The smallest absolute Gasteiger partial charge is 0.158 e. The van der Waals surface area contributed by atoms with Crippen LogP contribution in [0.4, 0.5) is 0 Å². The molecule has 0 fully saturated rings. The van der Waals surface area contributed by atoms with E-state index in [9.17, 15) is 8.42 Å². The van der Waals surface area contributed by atoms with Gasteiger partial charge in [-0.1, -0.05) is 0 Å². The van der Waals surface area contributed by atoms with Crippen molar-refractivity contribution in [3.63, 3.8) is 0 Å². The van der Waals surface area contributed by atoms with Crippen molar-refractivity contribution in [3.05, 3.63) is 24.0 Å². The molecule has 0 atom stereocenters. The Bertz CT molecular complexity index is 465. The van der Waals surface area contributed by atoms with Crippen LogP contribution in [0.15, 0.2) is 18.3 Å². The van der Waals surface area contributed by atoms with Crippen LogP contribution in [-0.4, -0.2) is 38.0 Å². The maximum Gasteiger partial charge on any atom is 0.158 e. The van der Waals surface area contributed by atoms with E-state index in [4.69, 9.17) is 9.84 Å². The summed E-state index contributed by atoms with van der Waals surface area (Å²) in [6.45, 7) is 3.34. The van der Waals surface area contributed by atoms with Gasteiger partial charge < -0.3 is 9.84 Å². The van der Waals surface area contributed by atoms with Gasteiger partial charge in [0.1, 0.15) is 17.1 Å². The van der Waals surface area contributed by atoms with Gasteiger partial charge in [-0.2, -0.15) is 0 Å². The van der Waals surface area contributed by atoms with Crippen LogP contribution in [-0.2, 0) is 14.6 Å². The predicted octanol–water partition coefficient (Wildman–Crippen LogP) is 0.732. The minimum Gasteiger partial charge on any atom is -0.490 e. The van der Waals surface area contributed by atoms with Gasteiger partial charge in [0.25, 0.3) is 0 Å². The molecule has 96 valence electrons. The molecule has 0 saturated heterocycles. The Morgan fingerprint density at radius 3 is 2.47 bits per heavy atom. The summed E-state index contributed by atoms with van der Waals surface area (Å²) >= 11 is 0. The lowest BCUT2D eigenvalue weighted by atomic mass is 10.1. The lowest BCUT2D eigenvalue weighted by Crippen LogP contribution is -2.29. The predicted molar refractivity (Wildman–Crippen MR) is 64.7 cm³/mol. The van der Waals surface area contributed by atoms with Crippen molar-refractivity contribution in [1.29, 1.82) is 0 Å². The van der Waals surface area contributed by atoms with Crippen molar-refractivity contribution in [2.75, 3.05) is 19.5 Å². The van der Waals surface area contributed by atoms with Gasteiger partial charge in [-0.15, -0.1) is 0 Å². The lowest BCUT2D eigenvalue weighted by molar-refractivity contribution is 0.201. The fourth-order valence-electron chi connectivity index (χ4n) is 1.18. The molecular formula is C11H17NO4S. The standard InChI is InChI=1S/C11H17NO4S/c1-11(2,17(3,14)15)10-5-4-9(8-12-10)16-7-6-13/h4-5,8,13H,6-7H2,1-3H3. The number of pyridine rings is 1. The zero-order valence-corrected chi connectivity index (χ0v) is 11.0. The van der Waals surface area contributed by atoms with Crippen molar-refractivity contribution < 1.29 is 18.3 Å². The quantitative estimate of drug-likeness (QED) is 0.843. The second kappa shape index (κ2) is 5.01. The third kappa shape index (κ3) is 3.17. The molecule has 0 amide bonds. The highest BCUT2D eigenvalue weighted by atomic mass is 32.2. The van der Waals surface area contributed by atoms with Crippen LogP contribution in [0.3, 0.4) is 0 Å². The molecule has 0 aliphatic carbocycles. The van der Waals surface area contributed by atoms with Gasteiger partial charge in [-0.25, -0.2) is 8.42 Å². The van der Waals surface area contributed by atoms with Crippen LogP contribution < -0.4 is 4.74 Å². The second-order valence-corrected chi connectivity index (χ2v) is 6.80. The first kappa shape index (κ1) is 13.9. The summed E-state index contributed by atoms with van der Waals surface area (Å²) in [7, 11) is -3.23. The van der Waals surface area contributed by atoms with Crippen LogP contribution in [0.1, 0.15) is 19.5 Å². The van der Waals surface area contributed by atoms with E-state index in [-0.39, 0.29) is 13.2 Å². The van der Waals surface area contributed by atoms with E-state index in [1.54, 1.807) is 26.0 Å². The summed E-state index contributed by atoms with van der Waals surface area (Å²) in [5.41, 5.74) is 0.469. The van der Waals surface area contributed by atoms with Crippen molar-refractivity contribution >= 4 is 9.84 Å². The van der Waals surface area contributed by atoms with Crippen molar-refractivity contribution in [3.8, 4) is 5.75 Å². The number of rotatable bonds is 5. The van der Waals surface area contributed by atoms with Gasteiger partial charge in [0.2, 0.25) is 0 Å². The molecule has 1 N–H and O–H groups in total. The Kier molecular flexibility index (Phi) is 4.11. The maximum atomic E-state index is 11.6. The first-order valence-electron chi connectivity index (χ1n) is 5.19. The summed E-state index contributed by atoms with van der Waals surface area (Å²) in [6, 6.07) is 3.26. The molecule has 1 rings (SSSR count). The maximum absolute atomic E-state index is 11.6. The fraction of sp³-hybridized carbons (Fsp3) is 0.545. The highest BCUT2D eigenvalue weighted by Gasteiger charge is 2.33. The zero-order valence-electron chi connectivity index (χ0n) is 10.2. The van der Waals surface area contributed by atoms with E-state index in [1.165, 1.54) is 12.5 Å². The van der Waals surface area contributed by atoms with E-state index in [1.807, 2.05) is 0 Å². The van der Waals surface area contributed by atoms with Gasteiger partial charge in [-0.05, 0) is 26.0 Å². The van der Waals surface area contributed by atoms with E-state index in [0.29, 0.717) is 11.4 Å². The highest BCUT2D eigenvalue weighted by molar-refractivity contribution is 7.91. The van der Waals surface area contributed by atoms with E-state index in [0.717, 1.165) is 0 Å². The SMILES string of the molecule is CC(C)(c1ccc(OCCO)cn1)S(C)(=O)=O. The van der Waals surface area contributed by atoms with E-state index < -0.39 is 14.6 Å². The molecule has 0 aliphatic rings. The largest absolute Gasteiger partial charge is 0.490 e. The van der Waals surface area contributed by atoms with Gasteiger partial charge in [-0.3, -0.25) is 4.98 Å². The van der Waals surface area contributed by atoms with Crippen molar-refractivity contribution in [2.45, 2.75) is 18.6 Å². The van der Waals surface area contributed by atoms with Crippen molar-refractivity contribution in [2.24, 2.45) is 0 Å². The van der Waals surface area contributed by atoms with Gasteiger partial charge >= 0.3 is 0 Å². The molecule has 0 unspecified atom stereocenters. The number of ether oxygens (including phenoxy) is 1. The Morgan fingerprint density at radius 1 is 1.41 bits per heavy atom. The number of aliphatic hydroxyl groups excluding tert-OH is 1. The molecule has 0 aliphatic heterocycles. The normalized spacial score (nSPS) is 12.5. The minimum atomic E-state index is -3.23. The molecule has 1 aromatic rings. The van der Waals surface area contributed by atoms with Crippen LogP contribution in [0.25, 0.3) is 0 Å². The average molecular weight is 259 g/mol. The molecule has 0 saturated carbocycles. The number of aromatic nitrogens is 1. The number of nitrogens with zero attached hydrogens (tertiary/aromatic N) is 1. The summed E-state index contributed by atoms with van der Waals surface area (Å²) in [6.07, 6.45) is 2.64. The van der Waals surface area contributed by atoms with Gasteiger partial charge in [0.05, 0.1) is 18.5 Å². The molecule has 1 heterocycles. The first-order valence-corrected chi connectivity index (χ1v) is 7.08. The minimum absolute atomic E-state index is 0.0728. The monoisotopic (exact) mass is 259 g/mol. The summed E-state index contributed by atoms with van der Waals surface area (Å²) in [5, 5.41) is 8.59. The summed E-state index contributed by atoms with van der Waals surface area (Å²) in [5.74, 6) is 0.507. The van der Waals surface area contributed by atoms with Crippen LogP contribution >= 0.6 is 0 Å². The molecule has 5 nitrogen and oxygen atoms in total. The topological polar surface area (TPSA) is 76.5 Å². The van der Waals surface area contributed by atoms with E-state index in [2.05, 4.69) is 4.98 Å². The number of hydrogen-bond acceptors (Lipinski definition) is 5. The molecule has 0 radical (unpaired) electrons.